The zero-order valence-electron chi connectivity index (χ0n) is 14.0. The fraction of sp³-hybridized carbons (Fsp3) is 0.867. The Labute approximate surface area is 126 Å². The van der Waals surface area contributed by atoms with Crippen molar-refractivity contribution < 1.29 is 24.2 Å². The van der Waals surface area contributed by atoms with Crippen molar-refractivity contribution in [2.45, 2.75) is 78.4 Å². The molecule has 1 amide bonds. The Hall–Kier alpha value is -1.30. The second-order valence-electron chi connectivity index (χ2n) is 7.37. The van der Waals surface area contributed by atoms with E-state index >= 15 is 0 Å². The van der Waals surface area contributed by atoms with Crippen LogP contribution in [0.15, 0.2) is 0 Å². The highest BCUT2D eigenvalue weighted by molar-refractivity contribution is 5.77. The molecule has 0 aromatic heterocycles. The molecular weight excluding hydrogens is 274 g/mol. The van der Waals surface area contributed by atoms with E-state index in [-0.39, 0.29) is 5.92 Å². The smallest absolute Gasteiger partial charge is 0.412 e. The molecule has 1 aliphatic heterocycles. The Morgan fingerprint density at radius 3 is 2.24 bits per heavy atom. The molecule has 2 atom stereocenters. The normalized spacial score (nSPS) is 25.2. The Morgan fingerprint density at radius 2 is 1.86 bits per heavy atom. The van der Waals surface area contributed by atoms with E-state index < -0.39 is 35.5 Å². The summed E-state index contributed by atoms with van der Waals surface area (Å²) in [7, 11) is 0. The van der Waals surface area contributed by atoms with Gasteiger partial charge >= 0.3 is 12.1 Å². The maximum absolute atomic E-state index is 12.5. The maximum Gasteiger partial charge on any atom is 0.412 e. The van der Waals surface area contributed by atoms with Crippen molar-refractivity contribution in [3.8, 4) is 0 Å². The van der Waals surface area contributed by atoms with Crippen molar-refractivity contribution in [1.29, 1.82) is 0 Å². The second kappa shape index (κ2) is 5.83. The summed E-state index contributed by atoms with van der Waals surface area (Å²) in [6.45, 7) is 12.7. The fourth-order valence-electron chi connectivity index (χ4n) is 2.57. The van der Waals surface area contributed by atoms with E-state index in [1.807, 2.05) is 13.8 Å². The molecule has 0 radical (unpaired) electrons. The second-order valence-corrected chi connectivity index (χ2v) is 7.37. The third-order valence-electron chi connectivity index (χ3n) is 3.22. The van der Waals surface area contributed by atoms with Gasteiger partial charge in [-0.3, -0.25) is 4.90 Å². The quantitative estimate of drug-likeness (QED) is 0.867. The van der Waals surface area contributed by atoms with Crippen molar-refractivity contribution in [2.24, 2.45) is 5.92 Å². The predicted molar refractivity (Wildman–Crippen MR) is 77.9 cm³/mol. The number of rotatable bonds is 3. The number of carbonyl (C=O) groups is 2. The molecule has 122 valence electrons. The lowest BCUT2D eigenvalue weighted by molar-refractivity contribution is -0.155. The molecule has 0 aromatic rings. The van der Waals surface area contributed by atoms with Crippen LogP contribution in [0.3, 0.4) is 0 Å². The van der Waals surface area contributed by atoms with Crippen LogP contribution in [0, 0.1) is 5.92 Å². The number of aliphatic carboxylic acids is 1. The number of ether oxygens (including phenoxy) is 2. The molecule has 1 aliphatic rings. The summed E-state index contributed by atoms with van der Waals surface area (Å²) in [5.41, 5.74) is -1.65. The minimum absolute atomic E-state index is 0.235. The van der Waals surface area contributed by atoms with E-state index in [9.17, 15) is 14.7 Å². The van der Waals surface area contributed by atoms with Crippen molar-refractivity contribution in [1.82, 2.24) is 4.90 Å². The first kappa shape index (κ1) is 17.8. The Morgan fingerprint density at radius 1 is 1.33 bits per heavy atom. The van der Waals surface area contributed by atoms with Gasteiger partial charge in [-0.15, -0.1) is 0 Å². The number of hydrogen-bond acceptors (Lipinski definition) is 4. The van der Waals surface area contributed by atoms with Crippen LogP contribution in [0.4, 0.5) is 4.79 Å². The van der Waals surface area contributed by atoms with Gasteiger partial charge in [0.1, 0.15) is 11.3 Å². The lowest BCUT2D eigenvalue weighted by atomic mass is 9.98. The molecule has 1 heterocycles. The average Bonchev–Trinajstić information content (AvgIpc) is 2.46. The first-order valence-corrected chi connectivity index (χ1v) is 7.28. The number of hydrogen-bond donors (Lipinski definition) is 1. The molecular formula is C15H27NO5. The Bertz CT molecular complexity index is 411. The van der Waals surface area contributed by atoms with Crippen molar-refractivity contribution >= 4 is 12.1 Å². The zero-order chi connectivity index (χ0) is 16.6. The van der Waals surface area contributed by atoms with Crippen LogP contribution in [0.1, 0.15) is 54.9 Å². The van der Waals surface area contributed by atoms with E-state index in [0.717, 1.165) is 0 Å². The topological polar surface area (TPSA) is 76.1 Å². The highest BCUT2D eigenvalue weighted by atomic mass is 16.6. The van der Waals surface area contributed by atoms with Crippen LogP contribution in [-0.4, -0.2) is 45.5 Å². The average molecular weight is 301 g/mol. The molecule has 6 nitrogen and oxygen atoms in total. The van der Waals surface area contributed by atoms with Crippen LogP contribution < -0.4 is 0 Å². The summed E-state index contributed by atoms with van der Waals surface area (Å²) in [6.07, 6.45) is -1.03. The van der Waals surface area contributed by atoms with Gasteiger partial charge in [0, 0.05) is 0 Å². The molecule has 0 aromatic carbocycles. The van der Waals surface area contributed by atoms with Gasteiger partial charge in [0.25, 0.3) is 0 Å². The highest BCUT2D eigenvalue weighted by Gasteiger charge is 2.53. The number of nitrogens with zero attached hydrogens (tertiary/aromatic N) is 1. The van der Waals surface area contributed by atoms with Crippen LogP contribution in [-0.2, 0) is 14.3 Å². The van der Waals surface area contributed by atoms with Crippen LogP contribution in [0.2, 0.25) is 0 Å². The molecule has 21 heavy (non-hydrogen) atoms. The van der Waals surface area contributed by atoms with Gasteiger partial charge in [-0.25, -0.2) is 9.59 Å². The predicted octanol–water partition coefficient (Wildman–Crippen LogP) is 2.86. The van der Waals surface area contributed by atoms with Crippen LogP contribution >= 0.6 is 0 Å². The third kappa shape index (κ3) is 4.33. The van der Waals surface area contributed by atoms with E-state index in [1.54, 1.807) is 34.6 Å². The molecule has 0 aliphatic carbocycles. The van der Waals surface area contributed by atoms with E-state index in [1.165, 1.54) is 4.90 Å². The van der Waals surface area contributed by atoms with Gasteiger partial charge in [-0.05, 0) is 47.0 Å². The first-order chi connectivity index (χ1) is 9.35. The SMILES string of the molecule is CC(C)CC1C(C(=O)O)OC(C)(C)N1C(=O)OC(C)(C)C. The molecule has 6 heteroatoms. The van der Waals surface area contributed by atoms with Crippen molar-refractivity contribution in [3.05, 3.63) is 0 Å². The molecule has 1 fully saturated rings. The monoisotopic (exact) mass is 301 g/mol. The number of carbonyl (C=O) groups excluding carboxylic acids is 1. The highest BCUT2D eigenvalue weighted by Crippen LogP contribution is 2.36. The van der Waals surface area contributed by atoms with Gasteiger partial charge in [-0.1, -0.05) is 13.8 Å². The molecule has 1 rings (SSSR count). The van der Waals surface area contributed by atoms with Crippen LogP contribution in [0.5, 0.6) is 0 Å². The standard InChI is InChI=1S/C15H27NO5/c1-9(2)8-10-11(12(17)18)20-15(6,7)16(10)13(19)21-14(3,4)5/h9-11H,8H2,1-7H3,(H,17,18). The molecule has 1 saturated heterocycles. The molecule has 2 unspecified atom stereocenters. The summed E-state index contributed by atoms with van der Waals surface area (Å²) in [4.78, 5) is 25.3. The molecule has 0 saturated carbocycles. The molecule has 1 N–H and O–H groups in total. The lowest BCUT2D eigenvalue weighted by Gasteiger charge is -2.35. The number of carboxylic acids is 1. The summed E-state index contributed by atoms with van der Waals surface area (Å²) in [5, 5.41) is 9.36. The number of carboxylic acid groups (broad SMARTS) is 1. The van der Waals surface area contributed by atoms with E-state index in [4.69, 9.17) is 9.47 Å². The number of amides is 1. The Kier molecular flexibility index (Phi) is 4.93. The van der Waals surface area contributed by atoms with Gasteiger partial charge in [-0.2, -0.15) is 0 Å². The van der Waals surface area contributed by atoms with E-state index in [0.29, 0.717) is 6.42 Å². The van der Waals surface area contributed by atoms with Gasteiger partial charge in [0.15, 0.2) is 6.10 Å². The largest absolute Gasteiger partial charge is 0.479 e. The fourth-order valence-corrected chi connectivity index (χ4v) is 2.57. The van der Waals surface area contributed by atoms with Crippen molar-refractivity contribution in [2.75, 3.05) is 0 Å². The Balaban J connectivity index is 3.10. The third-order valence-corrected chi connectivity index (χ3v) is 3.22. The zero-order valence-corrected chi connectivity index (χ0v) is 14.0. The summed E-state index contributed by atoms with van der Waals surface area (Å²) in [6, 6.07) is -0.535. The summed E-state index contributed by atoms with van der Waals surface area (Å²) < 4.78 is 11.0. The maximum atomic E-state index is 12.5. The van der Waals surface area contributed by atoms with Crippen molar-refractivity contribution in [3.63, 3.8) is 0 Å². The lowest BCUT2D eigenvalue weighted by Crippen LogP contribution is -2.51. The minimum Gasteiger partial charge on any atom is -0.479 e. The van der Waals surface area contributed by atoms with Gasteiger partial charge in [0.2, 0.25) is 0 Å². The van der Waals surface area contributed by atoms with Gasteiger partial charge in [0.05, 0.1) is 6.04 Å². The summed E-state index contributed by atoms with van der Waals surface area (Å²) >= 11 is 0. The van der Waals surface area contributed by atoms with Gasteiger partial charge < -0.3 is 14.6 Å². The molecule has 0 spiro atoms. The van der Waals surface area contributed by atoms with Crippen LogP contribution in [0.25, 0.3) is 0 Å². The minimum atomic E-state index is -1.06. The van der Waals surface area contributed by atoms with E-state index in [2.05, 4.69) is 0 Å². The molecule has 0 bridgehead atoms. The summed E-state index contributed by atoms with van der Waals surface area (Å²) in [5.74, 6) is -0.820. The first-order valence-electron chi connectivity index (χ1n) is 7.28.